The lowest BCUT2D eigenvalue weighted by molar-refractivity contribution is -0.688. The van der Waals surface area contributed by atoms with E-state index in [-0.39, 0.29) is 17.0 Å². The third-order valence-electron chi connectivity index (χ3n) is 2.23. The molecule has 0 aliphatic heterocycles. The third-order valence-corrected chi connectivity index (χ3v) is 2.23. The highest BCUT2D eigenvalue weighted by Gasteiger charge is 2.00. The Morgan fingerprint density at radius 1 is 1.00 bits per heavy atom. The van der Waals surface area contributed by atoms with Crippen molar-refractivity contribution in [3.05, 3.63) is 66.0 Å². The molecule has 0 N–H and O–H groups in total. The molecule has 1 heterocycles. The Morgan fingerprint density at radius 2 is 1.62 bits per heavy atom. The van der Waals surface area contributed by atoms with Crippen molar-refractivity contribution < 1.29 is 21.5 Å². The number of aromatic nitrogens is 1. The fourth-order valence-electron chi connectivity index (χ4n) is 1.44. The zero-order valence-corrected chi connectivity index (χ0v) is 10.3. The average Bonchev–Trinajstić information content (AvgIpc) is 2.31. The van der Waals surface area contributed by atoms with Crippen molar-refractivity contribution in [1.82, 2.24) is 0 Å². The summed E-state index contributed by atoms with van der Waals surface area (Å²) in [6, 6.07) is 15.8. The lowest BCUT2D eigenvalue weighted by Crippen LogP contribution is -3.00. The molecule has 0 spiro atoms. The summed E-state index contributed by atoms with van der Waals surface area (Å²) in [5.41, 5.74) is 1.90. The van der Waals surface area contributed by atoms with E-state index < -0.39 is 0 Å². The minimum absolute atomic E-state index is 0. The largest absolute Gasteiger partial charge is 1.00 e. The molecule has 0 saturated carbocycles. The fraction of sp³-hybridized carbons (Fsp3) is 0.0769. The van der Waals surface area contributed by atoms with E-state index in [0.717, 1.165) is 6.54 Å². The van der Waals surface area contributed by atoms with Crippen molar-refractivity contribution in [2.24, 2.45) is 0 Å². The minimum atomic E-state index is 0. The second-order valence-corrected chi connectivity index (χ2v) is 3.36. The number of benzene rings is 1. The first-order valence-electron chi connectivity index (χ1n) is 4.81. The number of nitrogens with zero attached hydrogens (tertiary/aromatic N) is 2. The second kappa shape index (κ2) is 6.04. The molecule has 0 bridgehead atoms. The Bertz CT molecular complexity index is 472. The van der Waals surface area contributed by atoms with E-state index in [1.165, 1.54) is 5.56 Å². The van der Waals surface area contributed by atoms with E-state index in [1.807, 2.05) is 54.9 Å². The average molecular weight is 275 g/mol. The number of hydrogen-bond acceptors (Lipinski definition) is 1. The second-order valence-electron chi connectivity index (χ2n) is 3.36. The van der Waals surface area contributed by atoms with Gasteiger partial charge in [-0.1, -0.05) is 18.2 Å². The van der Waals surface area contributed by atoms with Gasteiger partial charge in [0.2, 0.25) is 0 Å². The minimum Gasteiger partial charge on any atom is -1.00 e. The van der Waals surface area contributed by atoms with Crippen LogP contribution in [0.3, 0.4) is 0 Å². The molecular formula is C13H11BrN2. The highest BCUT2D eigenvalue weighted by molar-refractivity contribution is 5.31. The van der Waals surface area contributed by atoms with E-state index in [0.29, 0.717) is 5.56 Å². The van der Waals surface area contributed by atoms with Gasteiger partial charge in [0.15, 0.2) is 18.9 Å². The van der Waals surface area contributed by atoms with Crippen LogP contribution in [0.2, 0.25) is 0 Å². The molecule has 2 aromatic rings. The van der Waals surface area contributed by atoms with Gasteiger partial charge in [-0.2, -0.15) is 5.26 Å². The number of nitriles is 1. The maximum absolute atomic E-state index is 8.66. The maximum atomic E-state index is 8.66. The summed E-state index contributed by atoms with van der Waals surface area (Å²) in [7, 11) is 0. The molecule has 0 aliphatic rings. The summed E-state index contributed by atoms with van der Waals surface area (Å²) in [4.78, 5) is 0. The van der Waals surface area contributed by atoms with Crippen molar-refractivity contribution >= 4 is 0 Å². The van der Waals surface area contributed by atoms with E-state index in [4.69, 9.17) is 5.26 Å². The van der Waals surface area contributed by atoms with Crippen LogP contribution in [-0.4, -0.2) is 0 Å². The summed E-state index contributed by atoms with van der Waals surface area (Å²) < 4.78 is 2.10. The standard InChI is InChI=1S/C13H11N2.BrH/c14-10-12-4-6-13(7-5-12)11-15-8-2-1-3-9-15;/h1-9H,11H2;1H/q+1;/p-1. The summed E-state index contributed by atoms with van der Waals surface area (Å²) in [6.45, 7) is 0.840. The van der Waals surface area contributed by atoms with Gasteiger partial charge in [-0.3, -0.25) is 0 Å². The van der Waals surface area contributed by atoms with Crippen molar-refractivity contribution in [3.8, 4) is 6.07 Å². The molecule has 0 atom stereocenters. The Balaban J connectivity index is 0.00000128. The molecular weight excluding hydrogens is 264 g/mol. The van der Waals surface area contributed by atoms with Crippen LogP contribution in [0.5, 0.6) is 0 Å². The molecule has 0 saturated heterocycles. The first-order chi connectivity index (χ1) is 7.38. The first kappa shape index (κ1) is 12.4. The van der Waals surface area contributed by atoms with Crippen LogP contribution in [0.25, 0.3) is 0 Å². The predicted octanol–water partition coefficient (Wildman–Crippen LogP) is -1.10. The van der Waals surface area contributed by atoms with E-state index in [1.54, 1.807) is 0 Å². The molecule has 3 heteroatoms. The fourth-order valence-corrected chi connectivity index (χ4v) is 1.44. The third kappa shape index (κ3) is 3.18. The summed E-state index contributed by atoms with van der Waals surface area (Å²) in [5.74, 6) is 0. The van der Waals surface area contributed by atoms with Crippen LogP contribution in [0, 0.1) is 11.3 Å². The van der Waals surface area contributed by atoms with Gasteiger partial charge in [0.25, 0.3) is 0 Å². The van der Waals surface area contributed by atoms with Crippen molar-refractivity contribution in [1.29, 1.82) is 5.26 Å². The quantitative estimate of drug-likeness (QED) is 0.639. The Kier molecular flexibility index (Phi) is 4.68. The zero-order valence-electron chi connectivity index (χ0n) is 8.68. The Labute approximate surface area is 106 Å². The molecule has 16 heavy (non-hydrogen) atoms. The van der Waals surface area contributed by atoms with Crippen LogP contribution in [0.4, 0.5) is 0 Å². The van der Waals surface area contributed by atoms with Crippen LogP contribution in [-0.2, 0) is 6.54 Å². The topological polar surface area (TPSA) is 27.7 Å². The lowest BCUT2D eigenvalue weighted by atomic mass is 10.1. The number of hydrogen-bond donors (Lipinski definition) is 0. The van der Waals surface area contributed by atoms with Gasteiger partial charge in [-0.05, 0) is 12.1 Å². The van der Waals surface area contributed by atoms with Crippen LogP contribution < -0.4 is 21.5 Å². The zero-order chi connectivity index (χ0) is 10.5. The maximum Gasteiger partial charge on any atom is 0.173 e. The van der Waals surface area contributed by atoms with Crippen molar-refractivity contribution in [3.63, 3.8) is 0 Å². The van der Waals surface area contributed by atoms with Gasteiger partial charge in [0.1, 0.15) is 0 Å². The van der Waals surface area contributed by atoms with Gasteiger partial charge < -0.3 is 17.0 Å². The summed E-state index contributed by atoms with van der Waals surface area (Å²) in [6.07, 6.45) is 4.05. The number of rotatable bonds is 2. The van der Waals surface area contributed by atoms with Crippen LogP contribution >= 0.6 is 0 Å². The molecule has 80 valence electrons. The molecule has 0 aliphatic carbocycles. The molecule has 2 rings (SSSR count). The molecule has 0 fully saturated rings. The van der Waals surface area contributed by atoms with Gasteiger partial charge in [0.05, 0.1) is 11.6 Å². The number of halogens is 1. The smallest absolute Gasteiger partial charge is 0.173 e. The molecule has 1 aromatic heterocycles. The molecule has 0 amide bonds. The Hall–Kier alpha value is -1.66. The lowest BCUT2D eigenvalue weighted by Gasteiger charge is -1.97. The normalized spacial score (nSPS) is 8.94. The molecule has 0 radical (unpaired) electrons. The highest BCUT2D eigenvalue weighted by Crippen LogP contribution is 2.02. The highest BCUT2D eigenvalue weighted by atomic mass is 79.9. The summed E-state index contributed by atoms with van der Waals surface area (Å²) >= 11 is 0. The summed E-state index contributed by atoms with van der Waals surface area (Å²) in [5, 5.41) is 8.66. The first-order valence-corrected chi connectivity index (χ1v) is 4.81. The van der Waals surface area contributed by atoms with Gasteiger partial charge in [-0.15, -0.1) is 0 Å². The van der Waals surface area contributed by atoms with Gasteiger partial charge in [-0.25, -0.2) is 4.57 Å². The molecule has 2 nitrogen and oxygen atoms in total. The van der Waals surface area contributed by atoms with E-state index in [2.05, 4.69) is 10.6 Å². The van der Waals surface area contributed by atoms with Gasteiger partial charge >= 0.3 is 0 Å². The van der Waals surface area contributed by atoms with E-state index >= 15 is 0 Å². The van der Waals surface area contributed by atoms with Crippen molar-refractivity contribution in [2.75, 3.05) is 0 Å². The predicted molar refractivity (Wildman–Crippen MR) is 56.9 cm³/mol. The van der Waals surface area contributed by atoms with Crippen LogP contribution in [0.1, 0.15) is 11.1 Å². The SMILES string of the molecule is N#Cc1ccc(C[n+]2ccccc2)cc1.[Br-]. The van der Waals surface area contributed by atoms with Crippen LogP contribution in [0.15, 0.2) is 54.9 Å². The number of pyridine rings is 1. The van der Waals surface area contributed by atoms with Crippen molar-refractivity contribution in [2.45, 2.75) is 6.54 Å². The Morgan fingerprint density at radius 3 is 2.19 bits per heavy atom. The monoisotopic (exact) mass is 274 g/mol. The van der Waals surface area contributed by atoms with Gasteiger partial charge in [0, 0.05) is 17.7 Å². The molecule has 1 aromatic carbocycles. The molecule has 0 unspecified atom stereocenters. The van der Waals surface area contributed by atoms with E-state index in [9.17, 15) is 0 Å².